The number of hydrogen-bond donors (Lipinski definition) is 1. The first-order valence-corrected chi connectivity index (χ1v) is 5.00. The quantitative estimate of drug-likeness (QED) is 0.802. The number of rotatable bonds is 2. The van der Waals surface area contributed by atoms with E-state index in [1.807, 2.05) is 20.8 Å². The Hall–Kier alpha value is -0.960. The molecule has 15 heavy (non-hydrogen) atoms. The van der Waals surface area contributed by atoms with Gasteiger partial charge in [0, 0.05) is 12.0 Å². The van der Waals surface area contributed by atoms with Gasteiger partial charge in [0.25, 0.3) is 0 Å². The lowest BCUT2D eigenvalue weighted by atomic mass is 9.76. The van der Waals surface area contributed by atoms with Gasteiger partial charge in [0.05, 0.1) is 0 Å². The van der Waals surface area contributed by atoms with E-state index in [-0.39, 0.29) is 11.3 Å². The lowest BCUT2D eigenvalue weighted by Gasteiger charge is -2.30. The topological polar surface area (TPSA) is 26.0 Å². The van der Waals surface area contributed by atoms with Crippen molar-refractivity contribution in [2.24, 2.45) is 11.1 Å². The van der Waals surface area contributed by atoms with Gasteiger partial charge in [-0.15, -0.1) is 0 Å². The first-order chi connectivity index (χ1) is 6.84. The van der Waals surface area contributed by atoms with Crippen LogP contribution in [0.15, 0.2) is 18.2 Å². The van der Waals surface area contributed by atoms with Gasteiger partial charge >= 0.3 is 0 Å². The lowest BCUT2D eigenvalue weighted by Crippen LogP contribution is -2.26. The molecule has 0 aromatic heterocycles. The van der Waals surface area contributed by atoms with Crippen LogP contribution >= 0.6 is 0 Å². The van der Waals surface area contributed by atoms with Crippen molar-refractivity contribution in [2.75, 3.05) is 6.54 Å². The molecular weight excluding hydrogens is 196 g/mol. The zero-order chi connectivity index (χ0) is 11.6. The van der Waals surface area contributed by atoms with Gasteiger partial charge in [0.15, 0.2) is 0 Å². The molecule has 0 radical (unpaired) electrons. The Kier molecular flexibility index (Phi) is 3.45. The summed E-state index contributed by atoms with van der Waals surface area (Å²) in [6, 6.07) is 3.58. The molecule has 0 fully saturated rings. The third-order valence-corrected chi connectivity index (χ3v) is 2.57. The molecule has 0 spiro atoms. The Morgan fingerprint density at radius 2 is 1.60 bits per heavy atom. The van der Waals surface area contributed by atoms with Gasteiger partial charge in [-0.2, -0.15) is 0 Å². The molecule has 1 aromatic carbocycles. The Bertz CT molecular complexity index is 322. The second kappa shape index (κ2) is 4.27. The fourth-order valence-corrected chi connectivity index (χ4v) is 1.77. The van der Waals surface area contributed by atoms with Gasteiger partial charge in [0.1, 0.15) is 11.6 Å². The minimum atomic E-state index is -0.548. The Labute approximate surface area is 89.3 Å². The second-order valence-corrected chi connectivity index (χ2v) is 4.86. The highest BCUT2D eigenvalue weighted by Crippen LogP contribution is 2.34. The van der Waals surface area contributed by atoms with Crippen LogP contribution in [0.5, 0.6) is 0 Å². The van der Waals surface area contributed by atoms with Crippen LogP contribution in [-0.4, -0.2) is 6.54 Å². The summed E-state index contributed by atoms with van der Waals surface area (Å²) in [6.07, 6.45) is 0. The third-order valence-electron chi connectivity index (χ3n) is 2.57. The number of halogens is 2. The molecule has 1 nitrogen and oxygen atoms in total. The van der Waals surface area contributed by atoms with Crippen LogP contribution in [0.1, 0.15) is 32.3 Å². The van der Waals surface area contributed by atoms with Crippen molar-refractivity contribution in [2.45, 2.75) is 26.7 Å². The second-order valence-electron chi connectivity index (χ2n) is 4.86. The molecule has 0 bridgehead atoms. The van der Waals surface area contributed by atoms with Crippen molar-refractivity contribution in [1.29, 1.82) is 0 Å². The van der Waals surface area contributed by atoms with Crippen LogP contribution in [0.25, 0.3) is 0 Å². The summed E-state index contributed by atoms with van der Waals surface area (Å²) in [5.74, 6) is -1.14. The first kappa shape index (κ1) is 12.1. The molecule has 2 N–H and O–H groups in total. The van der Waals surface area contributed by atoms with E-state index in [4.69, 9.17) is 5.73 Å². The predicted octanol–water partition coefficient (Wildman–Crippen LogP) is 3.05. The molecule has 0 saturated heterocycles. The first-order valence-electron chi connectivity index (χ1n) is 5.00. The van der Waals surface area contributed by atoms with Crippen molar-refractivity contribution in [1.82, 2.24) is 0 Å². The highest BCUT2D eigenvalue weighted by molar-refractivity contribution is 5.24. The molecule has 0 aliphatic rings. The van der Waals surface area contributed by atoms with Crippen LogP contribution in [0.2, 0.25) is 0 Å². The molecule has 0 aliphatic carbocycles. The van der Waals surface area contributed by atoms with E-state index in [1.165, 1.54) is 12.1 Å². The predicted molar refractivity (Wildman–Crippen MR) is 57.6 cm³/mol. The summed E-state index contributed by atoms with van der Waals surface area (Å²) >= 11 is 0. The van der Waals surface area contributed by atoms with Crippen LogP contribution < -0.4 is 5.73 Å². The molecule has 3 heteroatoms. The maximum atomic E-state index is 13.0. The van der Waals surface area contributed by atoms with Crippen molar-refractivity contribution < 1.29 is 8.78 Å². The van der Waals surface area contributed by atoms with E-state index in [2.05, 4.69) is 0 Å². The molecule has 1 aromatic rings. The largest absolute Gasteiger partial charge is 0.330 e. The van der Waals surface area contributed by atoms with Gasteiger partial charge in [0.2, 0.25) is 0 Å². The molecule has 1 rings (SSSR count). The fraction of sp³-hybridized carbons (Fsp3) is 0.500. The summed E-state index contributed by atoms with van der Waals surface area (Å²) in [7, 11) is 0. The molecule has 0 aliphatic heterocycles. The Balaban J connectivity index is 3.13. The van der Waals surface area contributed by atoms with Gasteiger partial charge in [-0.1, -0.05) is 20.8 Å². The SMILES string of the molecule is CC(C)(C)C(CN)c1cc(F)cc(F)c1. The molecule has 0 amide bonds. The lowest BCUT2D eigenvalue weighted by molar-refractivity contribution is 0.324. The smallest absolute Gasteiger partial charge is 0.126 e. The number of nitrogens with two attached hydrogens (primary N) is 1. The highest BCUT2D eigenvalue weighted by atomic mass is 19.1. The molecule has 84 valence electrons. The minimum absolute atomic E-state index is 0.0392. The highest BCUT2D eigenvalue weighted by Gasteiger charge is 2.25. The van der Waals surface area contributed by atoms with Gasteiger partial charge in [-0.3, -0.25) is 0 Å². The van der Waals surface area contributed by atoms with Crippen molar-refractivity contribution in [3.05, 3.63) is 35.4 Å². The zero-order valence-corrected chi connectivity index (χ0v) is 9.35. The van der Waals surface area contributed by atoms with Gasteiger partial charge in [-0.25, -0.2) is 8.78 Å². The number of benzene rings is 1. The van der Waals surface area contributed by atoms with E-state index in [0.717, 1.165) is 6.07 Å². The number of hydrogen-bond acceptors (Lipinski definition) is 1. The van der Waals surface area contributed by atoms with Crippen molar-refractivity contribution in [3.63, 3.8) is 0 Å². The van der Waals surface area contributed by atoms with Crippen LogP contribution in [0.4, 0.5) is 8.78 Å². The summed E-state index contributed by atoms with van der Waals surface area (Å²) in [5.41, 5.74) is 6.17. The van der Waals surface area contributed by atoms with Gasteiger partial charge < -0.3 is 5.73 Å². The third kappa shape index (κ3) is 2.99. The van der Waals surface area contributed by atoms with E-state index in [9.17, 15) is 8.78 Å². The summed E-state index contributed by atoms with van der Waals surface area (Å²) in [4.78, 5) is 0. The van der Waals surface area contributed by atoms with Crippen LogP contribution in [-0.2, 0) is 0 Å². The Morgan fingerprint density at radius 1 is 1.13 bits per heavy atom. The fourth-order valence-electron chi connectivity index (χ4n) is 1.77. The average Bonchev–Trinajstić information content (AvgIpc) is 1.99. The van der Waals surface area contributed by atoms with E-state index in [0.29, 0.717) is 12.1 Å². The van der Waals surface area contributed by atoms with E-state index >= 15 is 0 Å². The normalized spacial score (nSPS) is 14.0. The molecule has 0 saturated carbocycles. The molecular formula is C12H17F2N. The maximum absolute atomic E-state index is 13.0. The average molecular weight is 213 g/mol. The molecule has 1 unspecified atom stereocenters. The van der Waals surface area contributed by atoms with Crippen molar-refractivity contribution in [3.8, 4) is 0 Å². The monoisotopic (exact) mass is 213 g/mol. The maximum Gasteiger partial charge on any atom is 0.126 e. The van der Waals surface area contributed by atoms with Crippen molar-refractivity contribution >= 4 is 0 Å². The minimum Gasteiger partial charge on any atom is -0.330 e. The standard InChI is InChI=1S/C12H17F2N/c1-12(2,3)11(7-15)8-4-9(13)6-10(14)5-8/h4-6,11H,7,15H2,1-3H3. The van der Waals surface area contributed by atoms with E-state index < -0.39 is 11.6 Å². The summed E-state index contributed by atoms with van der Waals surface area (Å²) < 4.78 is 26.1. The van der Waals surface area contributed by atoms with Crippen LogP contribution in [0.3, 0.4) is 0 Å². The Morgan fingerprint density at radius 3 is 1.93 bits per heavy atom. The molecule has 0 heterocycles. The zero-order valence-electron chi connectivity index (χ0n) is 9.35. The molecule has 1 atom stereocenters. The summed E-state index contributed by atoms with van der Waals surface area (Å²) in [5, 5.41) is 0. The van der Waals surface area contributed by atoms with E-state index in [1.54, 1.807) is 0 Å². The van der Waals surface area contributed by atoms with Crippen LogP contribution in [0, 0.1) is 17.0 Å². The van der Waals surface area contributed by atoms with Gasteiger partial charge in [-0.05, 0) is 29.7 Å². The summed E-state index contributed by atoms with van der Waals surface area (Å²) in [6.45, 7) is 6.40.